The number of hydrogen-bond acceptors (Lipinski definition) is 4. The van der Waals surface area contributed by atoms with Crippen molar-refractivity contribution in [1.82, 2.24) is 10.1 Å². The van der Waals surface area contributed by atoms with Crippen LogP contribution in [0.15, 0.2) is 4.52 Å². The predicted molar refractivity (Wildman–Crippen MR) is 37.8 cm³/mol. The quantitative estimate of drug-likeness (QED) is 0.713. The molecule has 0 amide bonds. The van der Waals surface area contributed by atoms with Gasteiger partial charge < -0.3 is 9.63 Å². The van der Waals surface area contributed by atoms with Crippen LogP contribution in [0.5, 0.6) is 0 Å². The number of rotatable bonds is 2. The van der Waals surface area contributed by atoms with Crippen LogP contribution in [-0.2, 0) is 0 Å². The highest BCUT2D eigenvalue weighted by Gasteiger charge is 2.25. The van der Waals surface area contributed by atoms with Gasteiger partial charge in [0.1, 0.15) is 0 Å². The van der Waals surface area contributed by atoms with E-state index in [1.54, 1.807) is 0 Å². The normalized spacial score (nSPS) is 17.3. The Morgan fingerprint density at radius 3 is 2.75 bits per heavy atom. The Morgan fingerprint density at radius 2 is 2.33 bits per heavy atom. The molecule has 0 spiro atoms. The Morgan fingerprint density at radius 1 is 1.58 bits per heavy atom. The number of hydrogen-bond donors (Lipinski definition) is 1. The highest BCUT2D eigenvalue weighted by Crippen LogP contribution is 2.34. The van der Waals surface area contributed by atoms with E-state index in [1.165, 1.54) is 6.42 Å². The molecule has 12 heavy (non-hydrogen) atoms. The maximum atomic E-state index is 10.3. The van der Waals surface area contributed by atoms with Crippen molar-refractivity contribution >= 4 is 5.97 Å². The van der Waals surface area contributed by atoms with Gasteiger partial charge in [-0.2, -0.15) is 4.98 Å². The lowest BCUT2D eigenvalue weighted by molar-refractivity contribution is 0.0643. The summed E-state index contributed by atoms with van der Waals surface area (Å²) in [6.07, 6.45) is 3.25. The molecule has 1 aromatic rings. The topological polar surface area (TPSA) is 76.2 Å². The Balaban J connectivity index is 2.17. The fourth-order valence-electron chi connectivity index (χ4n) is 1.15. The maximum absolute atomic E-state index is 10.3. The summed E-state index contributed by atoms with van der Waals surface area (Å²) in [4.78, 5) is 14.1. The molecule has 1 aliphatic carbocycles. The highest BCUT2D eigenvalue weighted by atomic mass is 16.5. The lowest BCUT2D eigenvalue weighted by atomic mass is 9.85. The summed E-state index contributed by atoms with van der Waals surface area (Å²) in [5.41, 5.74) is 0. The first-order valence-electron chi connectivity index (χ1n) is 3.84. The van der Waals surface area contributed by atoms with Crippen molar-refractivity contribution in [2.45, 2.75) is 25.2 Å². The zero-order valence-electron chi connectivity index (χ0n) is 6.36. The Bertz CT molecular complexity index is 303. The molecule has 1 fully saturated rings. The van der Waals surface area contributed by atoms with Gasteiger partial charge in [0.2, 0.25) is 0 Å². The van der Waals surface area contributed by atoms with E-state index in [0.29, 0.717) is 11.7 Å². The standard InChI is InChI=1S/C7H8N2O3/c10-7(11)6-8-5(9-12-6)4-2-1-3-4/h4H,1-3H2,(H,10,11). The minimum Gasteiger partial charge on any atom is -0.474 e. The van der Waals surface area contributed by atoms with Crippen LogP contribution < -0.4 is 0 Å². The minimum atomic E-state index is -1.16. The number of nitrogens with zero attached hydrogens (tertiary/aromatic N) is 2. The van der Waals surface area contributed by atoms with Crippen molar-refractivity contribution in [3.05, 3.63) is 11.7 Å². The third-order valence-electron chi connectivity index (χ3n) is 2.10. The van der Waals surface area contributed by atoms with Gasteiger partial charge in [-0.1, -0.05) is 11.6 Å². The van der Waals surface area contributed by atoms with Crippen molar-refractivity contribution < 1.29 is 14.4 Å². The van der Waals surface area contributed by atoms with Crippen molar-refractivity contribution in [2.24, 2.45) is 0 Å². The fraction of sp³-hybridized carbons (Fsp3) is 0.571. The molecule has 2 rings (SSSR count). The zero-order chi connectivity index (χ0) is 8.55. The molecule has 1 N–H and O–H groups in total. The van der Waals surface area contributed by atoms with Gasteiger partial charge in [0.25, 0.3) is 0 Å². The van der Waals surface area contributed by atoms with Crippen molar-refractivity contribution in [3.63, 3.8) is 0 Å². The molecule has 0 unspecified atom stereocenters. The average Bonchev–Trinajstić information content (AvgIpc) is 2.32. The Labute approximate surface area is 68.4 Å². The molecular weight excluding hydrogens is 160 g/mol. The van der Waals surface area contributed by atoms with Gasteiger partial charge in [-0.15, -0.1) is 0 Å². The van der Waals surface area contributed by atoms with Crippen LogP contribution in [0.3, 0.4) is 0 Å². The predicted octanol–water partition coefficient (Wildman–Crippen LogP) is 1.04. The second-order valence-electron chi connectivity index (χ2n) is 2.89. The number of aromatic nitrogens is 2. The summed E-state index contributed by atoms with van der Waals surface area (Å²) in [5, 5.41) is 12.1. The summed E-state index contributed by atoms with van der Waals surface area (Å²) < 4.78 is 4.52. The van der Waals surface area contributed by atoms with Crippen LogP contribution in [-0.4, -0.2) is 21.2 Å². The second kappa shape index (κ2) is 2.58. The van der Waals surface area contributed by atoms with Crippen LogP contribution in [0.2, 0.25) is 0 Å². The molecule has 0 radical (unpaired) electrons. The molecule has 0 aliphatic heterocycles. The molecular formula is C7H8N2O3. The van der Waals surface area contributed by atoms with Crippen LogP contribution in [0.1, 0.15) is 41.7 Å². The van der Waals surface area contributed by atoms with Crippen LogP contribution in [0.4, 0.5) is 0 Å². The molecule has 0 saturated heterocycles. The molecule has 5 nitrogen and oxygen atoms in total. The molecule has 0 atom stereocenters. The molecule has 0 bridgehead atoms. The van der Waals surface area contributed by atoms with Crippen LogP contribution >= 0.6 is 0 Å². The number of carbonyl (C=O) groups is 1. The number of carboxylic acids is 1. The summed E-state index contributed by atoms with van der Waals surface area (Å²) >= 11 is 0. The van der Waals surface area contributed by atoms with Crippen molar-refractivity contribution in [3.8, 4) is 0 Å². The van der Waals surface area contributed by atoms with E-state index in [0.717, 1.165) is 12.8 Å². The Kier molecular flexibility index (Phi) is 1.56. The lowest BCUT2D eigenvalue weighted by Gasteiger charge is -2.20. The molecule has 1 heterocycles. The molecule has 1 saturated carbocycles. The van der Waals surface area contributed by atoms with Crippen LogP contribution in [0, 0.1) is 0 Å². The summed E-state index contributed by atoms with van der Waals surface area (Å²) in [5.74, 6) is -0.606. The first-order chi connectivity index (χ1) is 5.77. The maximum Gasteiger partial charge on any atom is 0.394 e. The SMILES string of the molecule is O=C(O)c1nc(C2CCC2)no1. The van der Waals surface area contributed by atoms with E-state index >= 15 is 0 Å². The van der Waals surface area contributed by atoms with Crippen molar-refractivity contribution in [1.29, 1.82) is 0 Å². The number of carboxylic acid groups (broad SMARTS) is 1. The lowest BCUT2D eigenvalue weighted by Crippen LogP contribution is -2.10. The van der Waals surface area contributed by atoms with E-state index in [4.69, 9.17) is 5.11 Å². The molecule has 1 aliphatic rings. The first kappa shape index (κ1) is 7.27. The van der Waals surface area contributed by atoms with E-state index in [9.17, 15) is 4.79 Å². The number of aromatic carboxylic acids is 1. The summed E-state index contributed by atoms with van der Waals surface area (Å²) in [6.45, 7) is 0. The van der Waals surface area contributed by atoms with Gasteiger partial charge in [-0.3, -0.25) is 0 Å². The first-order valence-corrected chi connectivity index (χ1v) is 3.84. The van der Waals surface area contributed by atoms with E-state index in [2.05, 4.69) is 14.7 Å². The van der Waals surface area contributed by atoms with Gasteiger partial charge in [0.05, 0.1) is 0 Å². The third-order valence-corrected chi connectivity index (χ3v) is 2.10. The Hall–Kier alpha value is -1.39. The zero-order valence-corrected chi connectivity index (χ0v) is 6.36. The highest BCUT2D eigenvalue weighted by molar-refractivity contribution is 5.81. The van der Waals surface area contributed by atoms with Gasteiger partial charge in [-0.25, -0.2) is 4.79 Å². The smallest absolute Gasteiger partial charge is 0.394 e. The van der Waals surface area contributed by atoms with Gasteiger partial charge in [0.15, 0.2) is 5.82 Å². The second-order valence-corrected chi connectivity index (χ2v) is 2.89. The molecule has 0 aromatic carbocycles. The summed E-state index contributed by atoms with van der Waals surface area (Å²) in [7, 11) is 0. The monoisotopic (exact) mass is 168 g/mol. The molecule has 64 valence electrons. The van der Waals surface area contributed by atoms with E-state index in [-0.39, 0.29) is 5.89 Å². The van der Waals surface area contributed by atoms with Gasteiger partial charge in [-0.05, 0) is 12.8 Å². The van der Waals surface area contributed by atoms with Crippen LogP contribution in [0.25, 0.3) is 0 Å². The van der Waals surface area contributed by atoms with Crippen molar-refractivity contribution in [2.75, 3.05) is 0 Å². The minimum absolute atomic E-state index is 0.308. The van der Waals surface area contributed by atoms with Gasteiger partial charge in [0, 0.05) is 5.92 Å². The van der Waals surface area contributed by atoms with E-state index in [1.807, 2.05) is 0 Å². The third kappa shape index (κ3) is 1.07. The average molecular weight is 168 g/mol. The fourth-order valence-corrected chi connectivity index (χ4v) is 1.15. The molecule has 5 heteroatoms. The molecule has 1 aromatic heterocycles. The van der Waals surface area contributed by atoms with Gasteiger partial charge >= 0.3 is 11.9 Å². The summed E-state index contributed by atoms with van der Waals surface area (Å²) in [6, 6.07) is 0. The van der Waals surface area contributed by atoms with E-state index < -0.39 is 5.97 Å². The largest absolute Gasteiger partial charge is 0.474 e.